The Morgan fingerprint density at radius 1 is 0.950 bits per heavy atom. The molecule has 0 unspecified atom stereocenters. The van der Waals surface area contributed by atoms with E-state index in [-0.39, 0.29) is 0 Å². The van der Waals surface area contributed by atoms with Crippen molar-refractivity contribution in [3.05, 3.63) is 61.3 Å². The van der Waals surface area contributed by atoms with Crippen molar-refractivity contribution in [2.45, 2.75) is 32.1 Å². The number of hydrogen-bond acceptors (Lipinski definition) is 7. The zero-order valence-electron chi connectivity index (χ0n) is 23.0. The van der Waals surface area contributed by atoms with Crippen molar-refractivity contribution in [2.75, 3.05) is 43.4 Å². The lowest BCUT2D eigenvalue weighted by molar-refractivity contribution is 0.312. The highest BCUT2D eigenvalue weighted by Crippen LogP contribution is 2.34. The van der Waals surface area contributed by atoms with Gasteiger partial charge in [0.15, 0.2) is 5.65 Å². The number of aromatic amines is 2. The molecule has 9 nitrogen and oxygen atoms in total. The first kappa shape index (κ1) is 24.8. The van der Waals surface area contributed by atoms with Crippen LogP contribution in [-0.4, -0.2) is 68.3 Å². The van der Waals surface area contributed by atoms with Crippen LogP contribution in [0.3, 0.4) is 0 Å². The summed E-state index contributed by atoms with van der Waals surface area (Å²) >= 11 is 0. The molecule has 0 amide bonds. The van der Waals surface area contributed by atoms with Crippen LogP contribution in [0.15, 0.2) is 61.3 Å². The first-order valence-corrected chi connectivity index (χ1v) is 14.3. The number of hydrogen-bond donors (Lipinski definition) is 3. The highest BCUT2D eigenvalue weighted by Gasteiger charge is 2.20. The van der Waals surface area contributed by atoms with Gasteiger partial charge in [-0.1, -0.05) is 25.8 Å². The van der Waals surface area contributed by atoms with Crippen molar-refractivity contribution in [3.63, 3.8) is 0 Å². The second-order valence-electron chi connectivity index (χ2n) is 11.2. The second-order valence-corrected chi connectivity index (χ2v) is 11.2. The minimum Gasteiger partial charge on any atom is -0.358 e. The smallest absolute Gasteiger partial charge is 0.181 e. The fraction of sp³-hybridized carbons (Fsp3) is 0.355. The van der Waals surface area contributed by atoms with Gasteiger partial charge in [0, 0.05) is 72.4 Å². The Morgan fingerprint density at radius 3 is 2.62 bits per heavy atom. The first-order valence-electron chi connectivity index (χ1n) is 14.3. The molecule has 5 aromatic rings. The van der Waals surface area contributed by atoms with Crippen molar-refractivity contribution in [1.82, 2.24) is 35.0 Å². The normalized spacial score (nSPS) is 17.1. The predicted octanol–water partition coefficient (Wildman–Crippen LogP) is 5.82. The molecule has 9 heteroatoms. The van der Waals surface area contributed by atoms with Crippen LogP contribution in [0.1, 0.15) is 32.1 Å². The quantitative estimate of drug-likeness (QED) is 0.253. The van der Waals surface area contributed by atoms with E-state index in [1.165, 1.54) is 32.1 Å². The Labute approximate surface area is 233 Å². The van der Waals surface area contributed by atoms with Crippen LogP contribution in [0.4, 0.5) is 11.5 Å². The molecular weight excluding hydrogens is 498 g/mol. The zero-order chi connectivity index (χ0) is 27.1. The maximum absolute atomic E-state index is 4.75. The molecule has 6 heterocycles. The first-order chi connectivity index (χ1) is 19.6. The van der Waals surface area contributed by atoms with Crippen LogP contribution in [0.2, 0.25) is 0 Å². The van der Waals surface area contributed by atoms with Crippen molar-refractivity contribution in [3.8, 4) is 22.5 Å². The van der Waals surface area contributed by atoms with Gasteiger partial charge in [0.05, 0.1) is 28.8 Å². The van der Waals surface area contributed by atoms with Crippen molar-refractivity contribution < 1.29 is 0 Å². The Kier molecular flexibility index (Phi) is 6.43. The van der Waals surface area contributed by atoms with Gasteiger partial charge >= 0.3 is 0 Å². The average Bonchev–Trinajstić information content (AvgIpc) is 3.62. The number of aromatic nitrogens is 6. The summed E-state index contributed by atoms with van der Waals surface area (Å²) in [5.74, 6) is 1.56. The second kappa shape index (κ2) is 10.4. The molecule has 0 aromatic carbocycles. The van der Waals surface area contributed by atoms with E-state index >= 15 is 0 Å². The monoisotopic (exact) mass is 533 g/mol. The van der Waals surface area contributed by atoms with Gasteiger partial charge in [-0.15, -0.1) is 0 Å². The number of H-pyrrole nitrogens is 2. The van der Waals surface area contributed by atoms with Gasteiger partial charge in [-0.25, -0.2) is 9.97 Å². The van der Waals surface area contributed by atoms with Gasteiger partial charge in [-0.3, -0.25) is 10.1 Å². The van der Waals surface area contributed by atoms with Crippen LogP contribution in [-0.2, 0) is 0 Å². The molecule has 1 saturated carbocycles. The number of likely N-dealkylation sites (N-methyl/N-ethyl adjacent to an activating group) is 1. The fourth-order valence-electron chi connectivity index (χ4n) is 6.11. The molecule has 1 aliphatic carbocycles. The Balaban J connectivity index is 1.19. The molecule has 5 aromatic heterocycles. The Morgan fingerprint density at radius 2 is 1.77 bits per heavy atom. The van der Waals surface area contributed by atoms with Gasteiger partial charge < -0.3 is 20.1 Å². The van der Waals surface area contributed by atoms with Gasteiger partial charge in [0.1, 0.15) is 5.82 Å². The number of fused-ring (bicyclic) bond motifs is 2. The fourth-order valence-corrected chi connectivity index (χ4v) is 6.11. The summed E-state index contributed by atoms with van der Waals surface area (Å²) in [6.45, 7) is 8.35. The molecule has 3 N–H and O–H groups in total. The van der Waals surface area contributed by atoms with Crippen molar-refractivity contribution >= 4 is 33.4 Å². The molecule has 0 radical (unpaired) electrons. The third-order valence-electron chi connectivity index (χ3n) is 8.48. The van der Waals surface area contributed by atoms with Crippen molar-refractivity contribution in [1.29, 1.82) is 0 Å². The maximum Gasteiger partial charge on any atom is 0.181 e. The highest BCUT2D eigenvalue weighted by molar-refractivity contribution is 5.99. The lowest BCUT2D eigenvalue weighted by Crippen LogP contribution is -2.44. The molecule has 204 valence electrons. The van der Waals surface area contributed by atoms with E-state index in [4.69, 9.17) is 4.98 Å². The van der Waals surface area contributed by atoms with E-state index < -0.39 is 0 Å². The van der Waals surface area contributed by atoms with Gasteiger partial charge in [0.2, 0.25) is 0 Å². The van der Waals surface area contributed by atoms with E-state index in [0.29, 0.717) is 11.6 Å². The number of pyridine rings is 3. The minimum absolute atomic E-state index is 0.534. The summed E-state index contributed by atoms with van der Waals surface area (Å²) in [7, 11) is 2.17. The van der Waals surface area contributed by atoms with Crippen LogP contribution in [0.5, 0.6) is 0 Å². The van der Waals surface area contributed by atoms with Crippen molar-refractivity contribution in [2.24, 2.45) is 5.92 Å². The molecule has 0 spiro atoms. The lowest BCUT2D eigenvalue weighted by Gasteiger charge is -2.33. The standard InChI is InChI=1S/C31H35N9/c1-20(21-6-4-3-5-7-21)35-24-14-22(17-32-19-24)23-15-26-29(37-38-30(26)34-18-23)28-16-25-27(36-28)8-9-33-31(25)40-12-10-39(2)11-13-40/h8-9,14-19,21,35-36H,1,3-7,10-13H2,2H3,(H,34,37,38). The third kappa shape index (κ3) is 4.70. The number of rotatable bonds is 6. The van der Waals surface area contributed by atoms with Crippen LogP contribution < -0.4 is 10.2 Å². The summed E-state index contributed by atoms with van der Waals surface area (Å²) in [6, 6.07) is 8.48. The minimum atomic E-state index is 0.534. The topological polar surface area (TPSA) is 102 Å². The summed E-state index contributed by atoms with van der Waals surface area (Å²) in [4.78, 5) is 22.3. The number of allylic oxidation sites excluding steroid dienone is 1. The number of nitrogens with zero attached hydrogens (tertiary/aromatic N) is 6. The van der Waals surface area contributed by atoms with Crippen LogP contribution in [0, 0.1) is 5.92 Å². The summed E-state index contributed by atoms with van der Waals surface area (Å²) in [5, 5.41) is 13.3. The van der Waals surface area contributed by atoms with E-state index in [1.54, 1.807) is 0 Å². The van der Waals surface area contributed by atoms with E-state index in [0.717, 1.165) is 82.2 Å². The predicted molar refractivity (Wildman–Crippen MR) is 161 cm³/mol. The average molecular weight is 534 g/mol. The molecule has 2 aliphatic rings. The van der Waals surface area contributed by atoms with Gasteiger partial charge in [-0.05, 0) is 50.1 Å². The molecule has 40 heavy (non-hydrogen) atoms. The van der Waals surface area contributed by atoms with Gasteiger partial charge in [-0.2, -0.15) is 5.10 Å². The largest absolute Gasteiger partial charge is 0.358 e. The van der Waals surface area contributed by atoms with E-state index in [1.807, 2.05) is 30.9 Å². The summed E-state index contributed by atoms with van der Waals surface area (Å²) < 4.78 is 0. The van der Waals surface area contributed by atoms with Gasteiger partial charge in [0.25, 0.3) is 0 Å². The van der Waals surface area contributed by atoms with Crippen LogP contribution >= 0.6 is 0 Å². The van der Waals surface area contributed by atoms with E-state index in [9.17, 15) is 0 Å². The SMILES string of the molecule is C=C(Nc1cncc(-c2cnc3n[nH]c(-c4cc5c(N6CCN(C)CC6)nccc5[nH]4)c3c2)c1)C1CCCCC1. The lowest BCUT2D eigenvalue weighted by atomic mass is 9.87. The molecule has 2 fully saturated rings. The molecule has 7 rings (SSSR count). The molecular formula is C31H35N9. The third-order valence-corrected chi connectivity index (χ3v) is 8.48. The van der Waals surface area contributed by atoms with E-state index in [2.05, 4.69) is 72.1 Å². The molecule has 0 atom stereocenters. The molecule has 1 aliphatic heterocycles. The molecule has 1 saturated heterocycles. The maximum atomic E-state index is 4.75. The Bertz CT molecular complexity index is 1670. The van der Waals surface area contributed by atoms with Crippen LogP contribution in [0.25, 0.3) is 44.5 Å². The molecule has 0 bridgehead atoms. The zero-order valence-corrected chi connectivity index (χ0v) is 23.0. The highest BCUT2D eigenvalue weighted by atomic mass is 15.3. The Hall–Kier alpha value is -4.24. The summed E-state index contributed by atoms with van der Waals surface area (Å²) in [5.41, 5.74) is 7.67. The summed E-state index contributed by atoms with van der Waals surface area (Å²) in [6.07, 6.45) is 13.8. The number of nitrogens with one attached hydrogen (secondary N) is 3. The number of anilines is 2. The number of piperazine rings is 1.